The summed E-state index contributed by atoms with van der Waals surface area (Å²) in [5, 5.41) is 3.21. The van der Waals surface area contributed by atoms with E-state index in [0.29, 0.717) is 12.5 Å². The Morgan fingerprint density at radius 2 is 1.92 bits per heavy atom. The number of nitrogens with one attached hydrogen (secondary N) is 1. The van der Waals surface area contributed by atoms with Crippen molar-refractivity contribution in [3.05, 3.63) is 59.5 Å². The molecular weight excluding hydrogens is 439 g/mol. The average molecular weight is 468 g/mol. The first-order valence-electron chi connectivity index (χ1n) is 9.10. The summed E-state index contributed by atoms with van der Waals surface area (Å²) in [6, 6.07) is 14.6. The number of halogens is 1. The summed E-state index contributed by atoms with van der Waals surface area (Å²) in [6.07, 6.45) is 3.42. The van der Waals surface area contributed by atoms with Gasteiger partial charge in [-0.05, 0) is 57.0 Å². The van der Waals surface area contributed by atoms with E-state index in [1.807, 2.05) is 19.1 Å². The lowest BCUT2D eigenvalue weighted by Crippen LogP contribution is -2.35. The van der Waals surface area contributed by atoms with Gasteiger partial charge in [-0.3, -0.25) is 9.89 Å². The predicted octanol–water partition coefficient (Wildman–Crippen LogP) is 3.49. The Morgan fingerprint density at radius 3 is 2.58 bits per heavy atom. The van der Waals surface area contributed by atoms with Gasteiger partial charge < -0.3 is 15.5 Å². The summed E-state index contributed by atoms with van der Waals surface area (Å²) in [6.45, 7) is 5.58. The number of guanidine groups is 1. The van der Waals surface area contributed by atoms with Crippen molar-refractivity contribution in [2.45, 2.75) is 32.2 Å². The SMILES string of the molecule is Cc1ccc(C(CN=C(N)NCCc2ccccc2)N2CCCC2)o1.I. The molecule has 5 nitrogen and oxygen atoms in total. The minimum absolute atomic E-state index is 0. The van der Waals surface area contributed by atoms with Crippen molar-refractivity contribution in [2.24, 2.45) is 10.7 Å². The third kappa shape index (κ3) is 6.02. The van der Waals surface area contributed by atoms with E-state index in [0.717, 1.165) is 37.6 Å². The van der Waals surface area contributed by atoms with E-state index in [9.17, 15) is 0 Å². The molecule has 6 heteroatoms. The fourth-order valence-electron chi connectivity index (χ4n) is 3.29. The molecule has 0 saturated carbocycles. The lowest BCUT2D eigenvalue weighted by atomic mass is 10.1. The summed E-state index contributed by atoms with van der Waals surface area (Å²) in [5.74, 6) is 2.43. The quantitative estimate of drug-likeness (QED) is 0.371. The number of nitrogens with zero attached hydrogens (tertiary/aromatic N) is 2. The zero-order valence-corrected chi connectivity index (χ0v) is 17.7. The third-order valence-corrected chi connectivity index (χ3v) is 4.67. The standard InChI is InChI=1S/C20H28N4O.HI/c1-16-9-10-19(25-16)18(24-13-5-6-14-24)15-23-20(21)22-12-11-17-7-3-2-4-8-17;/h2-4,7-10,18H,5-6,11-15H2,1H3,(H3,21,22,23);1H. The Balaban J connectivity index is 0.00000243. The van der Waals surface area contributed by atoms with E-state index in [4.69, 9.17) is 10.2 Å². The highest BCUT2D eigenvalue weighted by Crippen LogP contribution is 2.26. The smallest absolute Gasteiger partial charge is 0.188 e. The second-order valence-electron chi connectivity index (χ2n) is 6.60. The molecule has 0 amide bonds. The molecule has 1 aliphatic rings. The fourth-order valence-corrected chi connectivity index (χ4v) is 3.29. The second kappa shape index (κ2) is 10.6. The molecular formula is C20H29IN4O. The number of likely N-dealkylation sites (tertiary alicyclic amines) is 1. The van der Waals surface area contributed by atoms with Gasteiger partial charge in [-0.2, -0.15) is 0 Å². The number of aliphatic imine (C=N–C) groups is 1. The lowest BCUT2D eigenvalue weighted by Gasteiger charge is -2.24. The van der Waals surface area contributed by atoms with Gasteiger partial charge >= 0.3 is 0 Å². The van der Waals surface area contributed by atoms with E-state index >= 15 is 0 Å². The van der Waals surface area contributed by atoms with Crippen LogP contribution in [0.2, 0.25) is 0 Å². The van der Waals surface area contributed by atoms with Crippen LogP contribution in [0.4, 0.5) is 0 Å². The van der Waals surface area contributed by atoms with E-state index < -0.39 is 0 Å². The van der Waals surface area contributed by atoms with Crippen LogP contribution < -0.4 is 11.1 Å². The number of hydrogen-bond donors (Lipinski definition) is 2. The minimum atomic E-state index is 0. The molecule has 0 spiro atoms. The van der Waals surface area contributed by atoms with Crippen LogP contribution >= 0.6 is 24.0 Å². The number of hydrogen-bond acceptors (Lipinski definition) is 3. The molecule has 1 fully saturated rings. The van der Waals surface area contributed by atoms with Gasteiger partial charge in [0.1, 0.15) is 11.5 Å². The van der Waals surface area contributed by atoms with Gasteiger partial charge in [0.05, 0.1) is 12.6 Å². The molecule has 142 valence electrons. The van der Waals surface area contributed by atoms with Crippen LogP contribution in [0, 0.1) is 6.92 Å². The van der Waals surface area contributed by atoms with Crippen LogP contribution in [0.3, 0.4) is 0 Å². The Labute approximate surface area is 173 Å². The topological polar surface area (TPSA) is 66.8 Å². The van der Waals surface area contributed by atoms with Gasteiger partial charge in [-0.1, -0.05) is 30.3 Å². The van der Waals surface area contributed by atoms with Crippen LogP contribution in [-0.2, 0) is 6.42 Å². The fraction of sp³-hybridized carbons (Fsp3) is 0.450. The third-order valence-electron chi connectivity index (χ3n) is 4.67. The van der Waals surface area contributed by atoms with E-state index in [2.05, 4.69) is 45.5 Å². The Morgan fingerprint density at radius 1 is 1.19 bits per heavy atom. The average Bonchev–Trinajstić information content (AvgIpc) is 3.29. The highest BCUT2D eigenvalue weighted by molar-refractivity contribution is 14.0. The molecule has 3 rings (SSSR count). The van der Waals surface area contributed by atoms with Crippen LogP contribution in [0.15, 0.2) is 51.9 Å². The Kier molecular flexibility index (Phi) is 8.44. The molecule has 1 unspecified atom stereocenters. The molecule has 1 aliphatic heterocycles. The lowest BCUT2D eigenvalue weighted by molar-refractivity contribution is 0.219. The highest BCUT2D eigenvalue weighted by atomic mass is 127. The van der Waals surface area contributed by atoms with Crippen LogP contribution in [0.25, 0.3) is 0 Å². The van der Waals surface area contributed by atoms with E-state index in [-0.39, 0.29) is 30.0 Å². The van der Waals surface area contributed by atoms with Crippen LogP contribution in [0.5, 0.6) is 0 Å². The van der Waals surface area contributed by atoms with Gasteiger partial charge in [0.25, 0.3) is 0 Å². The maximum atomic E-state index is 6.06. The van der Waals surface area contributed by atoms with Crippen LogP contribution in [-0.4, -0.2) is 37.0 Å². The summed E-state index contributed by atoms with van der Waals surface area (Å²) in [7, 11) is 0. The number of nitrogens with two attached hydrogens (primary N) is 1. The molecule has 2 aromatic rings. The maximum Gasteiger partial charge on any atom is 0.188 e. The first kappa shape index (κ1) is 20.8. The summed E-state index contributed by atoms with van der Waals surface area (Å²) < 4.78 is 5.86. The summed E-state index contributed by atoms with van der Waals surface area (Å²) in [5.41, 5.74) is 7.35. The van der Waals surface area contributed by atoms with Gasteiger partial charge in [0.15, 0.2) is 5.96 Å². The van der Waals surface area contributed by atoms with E-state index in [1.165, 1.54) is 18.4 Å². The van der Waals surface area contributed by atoms with Crippen molar-refractivity contribution in [1.29, 1.82) is 0 Å². The number of furan rings is 1. The van der Waals surface area contributed by atoms with Crippen molar-refractivity contribution in [1.82, 2.24) is 10.2 Å². The normalized spacial score (nSPS) is 16.3. The summed E-state index contributed by atoms with van der Waals surface area (Å²) >= 11 is 0. The first-order chi connectivity index (χ1) is 12.2. The second-order valence-corrected chi connectivity index (χ2v) is 6.60. The maximum absolute atomic E-state index is 6.06. The van der Waals surface area contributed by atoms with Crippen molar-refractivity contribution in [3.8, 4) is 0 Å². The zero-order valence-electron chi connectivity index (χ0n) is 15.4. The van der Waals surface area contributed by atoms with Crippen molar-refractivity contribution < 1.29 is 4.42 Å². The highest BCUT2D eigenvalue weighted by Gasteiger charge is 2.25. The molecule has 3 N–H and O–H groups in total. The molecule has 26 heavy (non-hydrogen) atoms. The molecule has 1 atom stereocenters. The van der Waals surface area contributed by atoms with Crippen molar-refractivity contribution in [3.63, 3.8) is 0 Å². The molecule has 0 bridgehead atoms. The van der Waals surface area contributed by atoms with Crippen molar-refractivity contribution >= 4 is 29.9 Å². The molecule has 1 saturated heterocycles. The first-order valence-corrected chi connectivity index (χ1v) is 9.10. The molecule has 0 radical (unpaired) electrons. The Bertz CT molecular complexity index is 680. The minimum Gasteiger partial charge on any atom is -0.465 e. The predicted molar refractivity (Wildman–Crippen MR) is 117 cm³/mol. The van der Waals surface area contributed by atoms with E-state index in [1.54, 1.807) is 0 Å². The van der Waals surface area contributed by atoms with Crippen molar-refractivity contribution in [2.75, 3.05) is 26.2 Å². The Hall–Kier alpha value is -1.54. The molecule has 1 aromatic carbocycles. The number of benzene rings is 1. The number of rotatable bonds is 7. The molecule has 1 aromatic heterocycles. The van der Waals surface area contributed by atoms with Gasteiger partial charge in [-0.15, -0.1) is 24.0 Å². The number of aryl methyl sites for hydroxylation is 1. The van der Waals surface area contributed by atoms with Gasteiger partial charge in [0, 0.05) is 6.54 Å². The monoisotopic (exact) mass is 468 g/mol. The van der Waals surface area contributed by atoms with Gasteiger partial charge in [0.2, 0.25) is 0 Å². The largest absolute Gasteiger partial charge is 0.465 e. The zero-order chi connectivity index (χ0) is 17.5. The summed E-state index contributed by atoms with van der Waals surface area (Å²) in [4.78, 5) is 7.01. The molecule has 0 aliphatic carbocycles. The molecule has 2 heterocycles. The van der Waals surface area contributed by atoms with Crippen LogP contribution in [0.1, 0.15) is 36.0 Å². The van der Waals surface area contributed by atoms with Gasteiger partial charge in [-0.25, -0.2) is 0 Å².